The highest BCUT2D eigenvalue weighted by molar-refractivity contribution is 6.30. The number of esters is 1. The normalized spacial score (nSPS) is 10.0. The maximum Gasteiger partial charge on any atom is 0.338 e. The van der Waals surface area contributed by atoms with Crippen molar-refractivity contribution in [3.05, 3.63) is 33.8 Å². The van der Waals surface area contributed by atoms with Crippen LogP contribution >= 0.6 is 11.6 Å². The molecule has 0 N–H and O–H groups in total. The molecule has 0 unspecified atom stereocenters. The second-order valence-corrected chi connectivity index (χ2v) is 3.54. The zero-order valence-corrected chi connectivity index (χ0v) is 9.31. The smallest absolute Gasteiger partial charge is 0.338 e. The minimum absolute atomic E-state index is 0.295. The summed E-state index contributed by atoms with van der Waals surface area (Å²) in [6.45, 7) is 3.84. The molecule has 0 aliphatic rings. The van der Waals surface area contributed by atoms with Gasteiger partial charge < -0.3 is 4.74 Å². The van der Waals surface area contributed by atoms with Crippen LogP contribution in [0.2, 0.25) is 5.02 Å². The van der Waals surface area contributed by atoms with Crippen molar-refractivity contribution in [2.75, 3.05) is 7.11 Å². The molecule has 0 aliphatic carbocycles. The molecule has 1 rings (SSSR count). The van der Waals surface area contributed by atoms with Gasteiger partial charge in [0.05, 0.1) is 12.7 Å². The monoisotopic (exact) mass is 212 g/mol. The molecule has 0 saturated heterocycles. The standard InChI is InChI=1S/C11H13ClO2/c1-4-8-6-9(12)5-7(2)10(8)11(13)14-3/h5-6H,4H2,1-3H3. The van der Waals surface area contributed by atoms with Gasteiger partial charge in [0.15, 0.2) is 0 Å². The largest absolute Gasteiger partial charge is 0.465 e. The lowest BCUT2D eigenvalue weighted by atomic mass is 10.0. The first-order valence-corrected chi connectivity index (χ1v) is 4.85. The Morgan fingerprint density at radius 2 is 2.14 bits per heavy atom. The van der Waals surface area contributed by atoms with Gasteiger partial charge in [-0.25, -0.2) is 4.79 Å². The predicted molar refractivity (Wildman–Crippen MR) is 56.9 cm³/mol. The minimum atomic E-state index is -0.295. The lowest BCUT2D eigenvalue weighted by Crippen LogP contribution is -2.07. The SMILES string of the molecule is CCc1cc(Cl)cc(C)c1C(=O)OC. The summed E-state index contributed by atoms with van der Waals surface area (Å²) in [6.07, 6.45) is 0.770. The lowest BCUT2D eigenvalue weighted by molar-refractivity contribution is 0.0598. The van der Waals surface area contributed by atoms with Crippen LogP contribution in [0.5, 0.6) is 0 Å². The molecule has 0 amide bonds. The molecule has 1 aromatic carbocycles. The van der Waals surface area contributed by atoms with E-state index in [9.17, 15) is 4.79 Å². The van der Waals surface area contributed by atoms with Crippen molar-refractivity contribution in [3.8, 4) is 0 Å². The van der Waals surface area contributed by atoms with Gasteiger partial charge >= 0.3 is 5.97 Å². The zero-order chi connectivity index (χ0) is 10.7. The Balaban J connectivity index is 3.32. The van der Waals surface area contributed by atoms with Crippen molar-refractivity contribution in [2.24, 2.45) is 0 Å². The Morgan fingerprint density at radius 3 is 2.64 bits per heavy atom. The average molecular weight is 213 g/mol. The van der Waals surface area contributed by atoms with Crippen molar-refractivity contribution in [1.82, 2.24) is 0 Å². The van der Waals surface area contributed by atoms with Gasteiger partial charge in [0.25, 0.3) is 0 Å². The van der Waals surface area contributed by atoms with E-state index >= 15 is 0 Å². The molecule has 76 valence electrons. The number of carbonyl (C=O) groups is 1. The number of carbonyl (C=O) groups excluding carboxylic acids is 1. The van der Waals surface area contributed by atoms with E-state index in [0.29, 0.717) is 10.6 Å². The molecule has 0 aromatic heterocycles. The van der Waals surface area contributed by atoms with Crippen LogP contribution in [0, 0.1) is 6.92 Å². The fraction of sp³-hybridized carbons (Fsp3) is 0.364. The molecule has 1 aromatic rings. The molecule has 3 heteroatoms. The van der Waals surface area contributed by atoms with Gasteiger partial charge in [0, 0.05) is 5.02 Å². The lowest BCUT2D eigenvalue weighted by Gasteiger charge is -2.09. The predicted octanol–water partition coefficient (Wildman–Crippen LogP) is 3.00. The fourth-order valence-corrected chi connectivity index (χ4v) is 1.78. The molecule has 0 saturated carbocycles. The number of aryl methyl sites for hydroxylation is 2. The molecule has 2 nitrogen and oxygen atoms in total. The van der Waals surface area contributed by atoms with Gasteiger partial charge in [-0.2, -0.15) is 0 Å². The number of hydrogen-bond acceptors (Lipinski definition) is 2. The zero-order valence-electron chi connectivity index (χ0n) is 8.56. The van der Waals surface area contributed by atoms with Gasteiger partial charge in [-0.05, 0) is 36.6 Å². The Labute approximate surface area is 88.8 Å². The van der Waals surface area contributed by atoms with Crippen LogP contribution in [0.1, 0.15) is 28.4 Å². The van der Waals surface area contributed by atoms with E-state index in [0.717, 1.165) is 17.5 Å². The molecule has 0 bridgehead atoms. The van der Waals surface area contributed by atoms with Crippen LogP contribution in [0.3, 0.4) is 0 Å². The first-order valence-electron chi connectivity index (χ1n) is 4.47. The van der Waals surface area contributed by atoms with E-state index in [1.807, 2.05) is 13.8 Å². The van der Waals surface area contributed by atoms with Crippen LogP contribution in [-0.2, 0) is 11.2 Å². The second kappa shape index (κ2) is 4.47. The molecule has 0 heterocycles. The van der Waals surface area contributed by atoms with Crippen molar-refractivity contribution in [2.45, 2.75) is 20.3 Å². The Kier molecular flexibility index (Phi) is 3.53. The summed E-state index contributed by atoms with van der Waals surface area (Å²) >= 11 is 5.90. The first kappa shape index (κ1) is 11.1. The maximum atomic E-state index is 11.5. The first-order chi connectivity index (χ1) is 6.60. The van der Waals surface area contributed by atoms with Gasteiger partial charge in [0.2, 0.25) is 0 Å². The topological polar surface area (TPSA) is 26.3 Å². The fourth-order valence-electron chi connectivity index (χ4n) is 1.49. The molecule has 14 heavy (non-hydrogen) atoms. The van der Waals surface area contributed by atoms with E-state index in [1.165, 1.54) is 7.11 Å². The third-order valence-electron chi connectivity index (χ3n) is 2.15. The van der Waals surface area contributed by atoms with E-state index in [-0.39, 0.29) is 5.97 Å². The van der Waals surface area contributed by atoms with Crippen LogP contribution in [0.15, 0.2) is 12.1 Å². The van der Waals surface area contributed by atoms with Crippen molar-refractivity contribution in [1.29, 1.82) is 0 Å². The molecule has 0 atom stereocenters. The van der Waals surface area contributed by atoms with Crippen molar-refractivity contribution in [3.63, 3.8) is 0 Å². The van der Waals surface area contributed by atoms with Crippen LogP contribution in [0.4, 0.5) is 0 Å². The van der Waals surface area contributed by atoms with Crippen LogP contribution in [-0.4, -0.2) is 13.1 Å². The van der Waals surface area contributed by atoms with E-state index in [1.54, 1.807) is 12.1 Å². The summed E-state index contributed by atoms with van der Waals surface area (Å²) in [5, 5.41) is 0.659. The summed E-state index contributed by atoms with van der Waals surface area (Å²) in [4.78, 5) is 11.5. The van der Waals surface area contributed by atoms with Crippen LogP contribution in [0.25, 0.3) is 0 Å². The summed E-state index contributed by atoms with van der Waals surface area (Å²) in [5.74, 6) is -0.295. The van der Waals surface area contributed by atoms with Gasteiger partial charge in [-0.3, -0.25) is 0 Å². The number of ether oxygens (including phenoxy) is 1. The molecular formula is C11H13ClO2. The maximum absolute atomic E-state index is 11.5. The molecule has 0 fully saturated rings. The van der Waals surface area contributed by atoms with E-state index in [2.05, 4.69) is 0 Å². The number of rotatable bonds is 2. The Hall–Kier alpha value is -1.02. The van der Waals surface area contributed by atoms with E-state index in [4.69, 9.17) is 16.3 Å². The number of halogens is 1. The Bertz CT molecular complexity index is 359. The average Bonchev–Trinajstić information content (AvgIpc) is 2.15. The van der Waals surface area contributed by atoms with Gasteiger partial charge in [-0.1, -0.05) is 18.5 Å². The molecule has 0 radical (unpaired) electrons. The van der Waals surface area contributed by atoms with Gasteiger partial charge in [0.1, 0.15) is 0 Å². The summed E-state index contributed by atoms with van der Waals surface area (Å²) in [5.41, 5.74) is 2.43. The highest BCUT2D eigenvalue weighted by atomic mass is 35.5. The van der Waals surface area contributed by atoms with Crippen molar-refractivity contribution >= 4 is 17.6 Å². The molecule has 0 spiro atoms. The highest BCUT2D eigenvalue weighted by Gasteiger charge is 2.14. The summed E-state index contributed by atoms with van der Waals surface area (Å²) in [7, 11) is 1.38. The molecule has 0 aliphatic heterocycles. The summed E-state index contributed by atoms with van der Waals surface area (Å²) in [6, 6.07) is 3.58. The number of hydrogen-bond donors (Lipinski definition) is 0. The number of benzene rings is 1. The van der Waals surface area contributed by atoms with E-state index < -0.39 is 0 Å². The minimum Gasteiger partial charge on any atom is -0.465 e. The quantitative estimate of drug-likeness (QED) is 0.705. The number of methoxy groups -OCH3 is 1. The highest BCUT2D eigenvalue weighted by Crippen LogP contribution is 2.21. The second-order valence-electron chi connectivity index (χ2n) is 3.10. The van der Waals surface area contributed by atoms with Crippen molar-refractivity contribution < 1.29 is 9.53 Å². The third kappa shape index (κ3) is 2.07. The Morgan fingerprint density at radius 1 is 1.50 bits per heavy atom. The molecular weight excluding hydrogens is 200 g/mol. The summed E-state index contributed by atoms with van der Waals surface area (Å²) < 4.78 is 4.72. The van der Waals surface area contributed by atoms with Crippen LogP contribution < -0.4 is 0 Å². The van der Waals surface area contributed by atoms with Gasteiger partial charge in [-0.15, -0.1) is 0 Å². The third-order valence-corrected chi connectivity index (χ3v) is 2.37.